The van der Waals surface area contributed by atoms with Gasteiger partial charge < -0.3 is 9.88 Å². The first-order chi connectivity index (χ1) is 5.82. The molecule has 1 saturated carbocycles. The van der Waals surface area contributed by atoms with Gasteiger partial charge in [-0.3, -0.25) is 0 Å². The Bertz CT molecular complexity index is 273. The van der Waals surface area contributed by atoms with Crippen LogP contribution >= 0.6 is 0 Å². The Morgan fingerprint density at radius 3 is 2.92 bits per heavy atom. The van der Waals surface area contributed by atoms with Crippen molar-refractivity contribution in [1.82, 2.24) is 14.9 Å². The summed E-state index contributed by atoms with van der Waals surface area (Å²) >= 11 is 0. The first kappa shape index (κ1) is 7.80. The highest BCUT2D eigenvalue weighted by molar-refractivity contribution is 5.17. The number of nitrogens with one attached hydrogen (secondary N) is 1. The molecular formula is C9H15N3. The molecule has 1 aromatic heterocycles. The molecule has 66 valence electrons. The van der Waals surface area contributed by atoms with Crippen molar-refractivity contribution in [2.75, 3.05) is 7.05 Å². The molecule has 3 heteroatoms. The Morgan fingerprint density at radius 1 is 1.67 bits per heavy atom. The Hall–Kier alpha value is -0.830. The predicted octanol–water partition coefficient (Wildman–Crippen LogP) is 1.11. The molecule has 1 aliphatic carbocycles. The number of imidazole rings is 1. The van der Waals surface area contributed by atoms with Crippen molar-refractivity contribution < 1.29 is 0 Å². The van der Waals surface area contributed by atoms with E-state index in [0.29, 0.717) is 0 Å². The molecule has 0 spiro atoms. The number of aromatic nitrogens is 2. The van der Waals surface area contributed by atoms with Crippen LogP contribution in [0.5, 0.6) is 0 Å². The highest BCUT2D eigenvalue weighted by atomic mass is 15.2. The smallest absolute Gasteiger partial charge is 0.129 e. The first-order valence-electron chi connectivity index (χ1n) is 4.53. The van der Waals surface area contributed by atoms with Crippen molar-refractivity contribution in [1.29, 1.82) is 0 Å². The Balaban J connectivity index is 2.32. The third kappa shape index (κ3) is 0.966. The normalized spacial score (nSPS) is 19.5. The number of aryl methyl sites for hydroxylation is 1. The van der Waals surface area contributed by atoms with Crippen molar-refractivity contribution in [2.24, 2.45) is 0 Å². The van der Waals surface area contributed by atoms with E-state index in [0.717, 1.165) is 6.54 Å². The molecule has 0 amide bonds. The molecule has 0 saturated heterocycles. The minimum atomic E-state index is 0.208. The summed E-state index contributed by atoms with van der Waals surface area (Å²) in [6.45, 7) is 3.16. The number of hydrogen-bond donors (Lipinski definition) is 1. The van der Waals surface area contributed by atoms with E-state index in [1.165, 1.54) is 18.7 Å². The number of hydrogen-bond acceptors (Lipinski definition) is 2. The molecule has 3 nitrogen and oxygen atoms in total. The second-order valence-electron chi connectivity index (χ2n) is 3.37. The summed E-state index contributed by atoms with van der Waals surface area (Å²) in [6.07, 6.45) is 6.38. The molecule has 0 atom stereocenters. The van der Waals surface area contributed by atoms with E-state index in [-0.39, 0.29) is 5.54 Å². The van der Waals surface area contributed by atoms with Gasteiger partial charge in [0, 0.05) is 18.9 Å². The third-order valence-electron chi connectivity index (χ3n) is 2.71. The van der Waals surface area contributed by atoms with Gasteiger partial charge in [-0.05, 0) is 26.8 Å². The van der Waals surface area contributed by atoms with Gasteiger partial charge in [-0.2, -0.15) is 0 Å². The van der Waals surface area contributed by atoms with Crippen LogP contribution in [0.4, 0.5) is 0 Å². The van der Waals surface area contributed by atoms with E-state index >= 15 is 0 Å². The molecule has 1 aliphatic rings. The molecule has 1 fully saturated rings. The zero-order valence-corrected chi connectivity index (χ0v) is 7.67. The summed E-state index contributed by atoms with van der Waals surface area (Å²) in [6, 6.07) is 0. The van der Waals surface area contributed by atoms with Crippen molar-refractivity contribution in [3.63, 3.8) is 0 Å². The largest absolute Gasteiger partial charge is 0.334 e. The molecule has 0 bridgehead atoms. The van der Waals surface area contributed by atoms with Crippen molar-refractivity contribution >= 4 is 0 Å². The van der Waals surface area contributed by atoms with Crippen molar-refractivity contribution in [2.45, 2.75) is 31.8 Å². The zero-order valence-electron chi connectivity index (χ0n) is 7.67. The van der Waals surface area contributed by atoms with Crippen LogP contribution in [0.2, 0.25) is 0 Å². The summed E-state index contributed by atoms with van der Waals surface area (Å²) in [5.74, 6) is 1.20. The Labute approximate surface area is 72.8 Å². The maximum atomic E-state index is 4.39. The lowest BCUT2D eigenvalue weighted by Crippen LogP contribution is -2.28. The average Bonchev–Trinajstić information content (AvgIpc) is 2.76. The summed E-state index contributed by atoms with van der Waals surface area (Å²) in [7, 11) is 2.02. The molecule has 2 rings (SSSR count). The van der Waals surface area contributed by atoms with Gasteiger partial charge in [-0.1, -0.05) is 0 Å². The Morgan fingerprint density at radius 2 is 2.42 bits per heavy atom. The van der Waals surface area contributed by atoms with Gasteiger partial charge >= 0.3 is 0 Å². The lowest BCUT2D eigenvalue weighted by Gasteiger charge is -2.14. The molecule has 0 aliphatic heterocycles. The fraction of sp³-hybridized carbons (Fsp3) is 0.667. The van der Waals surface area contributed by atoms with Crippen LogP contribution in [0.15, 0.2) is 12.4 Å². The first-order valence-corrected chi connectivity index (χ1v) is 4.53. The Kier molecular flexibility index (Phi) is 1.68. The van der Waals surface area contributed by atoms with Crippen LogP contribution in [-0.2, 0) is 12.1 Å². The van der Waals surface area contributed by atoms with E-state index in [2.05, 4.69) is 21.8 Å². The van der Waals surface area contributed by atoms with Crippen LogP contribution in [0.25, 0.3) is 0 Å². The quantitative estimate of drug-likeness (QED) is 0.727. The topological polar surface area (TPSA) is 29.9 Å². The SMILES string of the molecule is CCn1ccnc1C1(NC)CC1. The minimum Gasteiger partial charge on any atom is -0.334 e. The van der Waals surface area contributed by atoms with E-state index in [1.54, 1.807) is 0 Å². The highest BCUT2D eigenvalue weighted by Crippen LogP contribution is 2.43. The van der Waals surface area contributed by atoms with Crippen LogP contribution in [0.1, 0.15) is 25.6 Å². The van der Waals surface area contributed by atoms with Crippen LogP contribution < -0.4 is 5.32 Å². The van der Waals surface area contributed by atoms with Crippen LogP contribution in [0, 0.1) is 0 Å². The summed E-state index contributed by atoms with van der Waals surface area (Å²) < 4.78 is 2.21. The third-order valence-corrected chi connectivity index (χ3v) is 2.71. The summed E-state index contributed by atoms with van der Waals surface area (Å²) in [5, 5.41) is 3.35. The van der Waals surface area contributed by atoms with Crippen molar-refractivity contribution in [3.8, 4) is 0 Å². The monoisotopic (exact) mass is 165 g/mol. The van der Waals surface area contributed by atoms with Gasteiger partial charge in [0.1, 0.15) is 5.82 Å². The molecule has 0 aromatic carbocycles. The van der Waals surface area contributed by atoms with Crippen molar-refractivity contribution in [3.05, 3.63) is 18.2 Å². The standard InChI is InChI=1S/C9H15N3/c1-3-12-7-6-11-8(12)9(10-2)4-5-9/h6-7,10H,3-5H2,1-2H3. The summed E-state index contributed by atoms with van der Waals surface area (Å²) in [4.78, 5) is 4.39. The van der Waals surface area contributed by atoms with Crippen LogP contribution in [-0.4, -0.2) is 16.6 Å². The molecular weight excluding hydrogens is 150 g/mol. The minimum absolute atomic E-state index is 0.208. The zero-order chi connectivity index (χ0) is 8.60. The van der Waals surface area contributed by atoms with Gasteiger partial charge in [-0.15, -0.1) is 0 Å². The fourth-order valence-corrected chi connectivity index (χ4v) is 1.69. The van der Waals surface area contributed by atoms with Gasteiger partial charge in [0.05, 0.1) is 5.54 Å². The van der Waals surface area contributed by atoms with Gasteiger partial charge in [-0.25, -0.2) is 4.98 Å². The molecule has 12 heavy (non-hydrogen) atoms. The lowest BCUT2D eigenvalue weighted by molar-refractivity contribution is 0.512. The van der Waals surface area contributed by atoms with E-state index in [9.17, 15) is 0 Å². The molecule has 1 N–H and O–H groups in total. The number of nitrogens with zero attached hydrogens (tertiary/aromatic N) is 2. The van der Waals surface area contributed by atoms with E-state index in [4.69, 9.17) is 0 Å². The van der Waals surface area contributed by atoms with E-state index < -0.39 is 0 Å². The summed E-state index contributed by atoms with van der Waals surface area (Å²) in [5.41, 5.74) is 0.208. The fourth-order valence-electron chi connectivity index (χ4n) is 1.69. The lowest BCUT2D eigenvalue weighted by atomic mass is 10.2. The molecule has 0 radical (unpaired) electrons. The second-order valence-corrected chi connectivity index (χ2v) is 3.37. The maximum absolute atomic E-state index is 4.39. The van der Waals surface area contributed by atoms with Gasteiger partial charge in [0.25, 0.3) is 0 Å². The average molecular weight is 165 g/mol. The van der Waals surface area contributed by atoms with E-state index in [1.807, 2.05) is 19.4 Å². The van der Waals surface area contributed by atoms with Crippen LogP contribution in [0.3, 0.4) is 0 Å². The second kappa shape index (κ2) is 2.59. The predicted molar refractivity (Wildman–Crippen MR) is 47.9 cm³/mol. The number of rotatable bonds is 3. The molecule has 0 unspecified atom stereocenters. The maximum Gasteiger partial charge on any atom is 0.129 e. The van der Waals surface area contributed by atoms with Gasteiger partial charge in [0.15, 0.2) is 0 Å². The highest BCUT2D eigenvalue weighted by Gasteiger charge is 2.46. The van der Waals surface area contributed by atoms with Gasteiger partial charge in [0.2, 0.25) is 0 Å². The molecule has 1 heterocycles. The molecule has 1 aromatic rings.